The summed E-state index contributed by atoms with van der Waals surface area (Å²) in [5.41, 5.74) is 5.07. The minimum Gasteiger partial charge on any atom is -0.496 e. The molecule has 0 bridgehead atoms. The Kier molecular flexibility index (Phi) is 7.96. The number of halogens is 1. The van der Waals surface area contributed by atoms with Gasteiger partial charge < -0.3 is 15.4 Å². The standard InChI is InChI=1S/C22H33N5O.HI/c1-15(13-18-16(2)26-27(5)17(18)3)25-21(23-4)24-14-22(11-12-22)19-9-7-8-10-20(19)28-6;/h7-10,15H,11-14H2,1-6H3,(H2,23,24,25);1H. The summed E-state index contributed by atoms with van der Waals surface area (Å²) in [7, 11) is 5.57. The fourth-order valence-corrected chi connectivity index (χ4v) is 3.93. The number of rotatable bonds is 7. The van der Waals surface area contributed by atoms with Crippen molar-refractivity contribution in [1.82, 2.24) is 20.4 Å². The number of hydrogen-bond acceptors (Lipinski definition) is 3. The van der Waals surface area contributed by atoms with Gasteiger partial charge in [-0.05, 0) is 51.7 Å². The summed E-state index contributed by atoms with van der Waals surface area (Å²) in [6, 6.07) is 8.60. The number of hydrogen-bond donors (Lipinski definition) is 2. The highest BCUT2D eigenvalue weighted by Gasteiger charge is 2.46. The Morgan fingerprint density at radius 2 is 2.00 bits per heavy atom. The van der Waals surface area contributed by atoms with Crippen molar-refractivity contribution >= 4 is 29.9 Å². The van der Waals surface area contributed by atoms with E-state index < -0.39 is 0 Å². The first-order valence-electron chi connectivity index (χ1n) is 10.00. The second kappa shape index (κ2) is 9.82. The van der Waals surface area contributed by atoms with Crippen LogP contribution in [0.3, 0.4) is 0 Å². The van der Waals surface area contributed by atoms with E-state index in [2.05, 4.69) is 53.6 Å². The van der Waals surface area contributed by atoms with Gasteiger partial charge in [0.05, 0.1) is 12.8 Å². The van der Waals surface area contributed by atoms with Crippen molar-refractivity contribution in [2.24, 2.45) is 12.0 Å². The molecule has 2 N–H and O–H groups in total. The van der Waals surface area contributed by atoms with Crippen molar-refractivity contribution in [1.29, 1.82) is 0 Å². The maximum atomic E-state index is 5.58. The van der Waals surface area contributed by atoms with Gasteiger partial charge in [0.15, 0.2) is 5.96 Å². The first kappa shape index (κ1) is 23.5. The van der Waals surface area contributed by atoms with Crippen LogP contribution in [0.25, 0.3) is 0 Å². The third-order valence-electron chi connectivity index (χ3n) is 5.90. The quantitative estimate of drug-likeness (QED) is 0.340. The molecule has 160 valence electrons. The Hall–Kier alpha value is -1.77. The number of methoxy groups -OCH3 is 1. The summed E-state index contributed by atoms with van der Waals surface area (Å²) < 4.78 is 7.53. The maximum absolute atomic E-state index is 5.58. The van der Waals surface area contributed by atoms with Crippen molar-refractivity contribution in [2.45, 2.75) is 51.5 Å². The second-order valence-corrected chi connectivity index (χ2v) is 7.93. The minimum atomic E-state index is 0. The normalized spacial score (nSPS) is 16.0. The lowest BCUT2D eigenvalue weighted by molar-refractivity contribution is 0.403. The lowest BCUT2D eigenvalue weighted by Crippen LogP contribution is -2.45. The third-order valence-corrected chi connectivity index (χ3v) is 5.90. The first-order chi connectivity index (χ1) is 13.4. The van der Waals surface area contributed by atoms with Crippen molar-refractivity contribution < 1.29 is 4.74 Å². The number of para-hydroxylation sites is 1. The third kappa shape index (κ3) is 5.24. The van der Waals surface area contributed by atoms with Crippen molar-refractivity contribution in [3.63, 3.8) is 0 Å². The van der Waals surface area contributed by atoms with Gasteiger partial charge >= 0.3 is 0 Å². The van der Waals surface area contributed by atoms with Gasteiger partial charge in [-0.3, -0.25) is 9.67 Å². The number of aliphatic imine (C=N–C) groups is 1. The van der Waals surface area contributed by atoms with Crippen LogP contribution in [0.15, 0.2) is 29.3 Å². The summed E-state index contributed by atoms with van der Waals surface area (Å²) in [5.74, 6) is 1.81. The average Bonchev–Trinajstić information content (AvgIpc) is 3.44. The summed E-state index contributed by atoms with van der Waals surface area (Å²) in [6.45, 7) is 7.24. The van der Waals surface area contributed by atoms with Crippen molar-refractivity contribution in [3.8, 4) is 5.75 Å². The zero-order chi connectivity index (χ0) is 20.3. The van der Waals surface area contributed by atoms with Gasteiger partial charge in [-0.25, -0.2) is 0 Å². The molecule has 1 aliphatic carbocycles. The molecule has 3 rings (SSSR count). The lowest BCUT2D eigenvalue weighted by Gasteiger charge is -2.23. The van der Waals surface area contributed by atoms with E-state index in [0.717, 1.165) is 30.4 Å². The van der Waals surface area contributed by atoms with E-state index >= 15 is 0 Å². The van der Waals surface area contributed by atoms with Crippen LogP contribution in [0.2, 0.25) is 0 Å². The SMILES string of the molecule is CN=C(NCC1(c2ccccc2OC)CC1)NC(C)Cc1c(C)nn(C)c1C.I. The van der Waals surface area contributed by atoms with Crippen LogP contribution in [0.5, 0.6) is 5.75 Å². The molecule has 6 nitrogen and oxygen atoms in total. The molecular weight excluding hydrogens is 477 g/mol. The van der Waals surface area contributed by atoms with Crippen LogP contribution in [-0.2, 0) is 18.9 Å². The number of aryl methyl sites for hydroxylation is 2. The summed E-state index contributed by atoms with van der Waals surface area (Å²) >= 11 is 0. The van der Waals surface area contributed by atoms with Crippen molar-refractivity contribution in [3.05, 3.63) is 46.8 Å². The maximum Gasteiger partial charge on any atom is 0.191 e. The van der Waals surface area contributed by atoms with Crippen LogP contribution in [0, 0.1) is 13.8 Å². The molecule has 1 unspecified atom stereocenters. The van der Waals surface area contributed by atoms with Gasteiger partial charge in [-0.1, -0.05) is 18.2 Å². The van der Waals surface area contributed by atoms with Crippen LogP contribution >= 0.6 is 24.0 Å². The Labute approximate surface area is 191 Å². The fourth-order valence-electron chi connectivity index (χ4n) is 3.93. The zero-order valence-electron chi connectivity index (χ0n) is 18.4. The van der Waals surface area contributed by atoms with Gasteiger partial charge in [-0.15, -0.1) is 24.0 Å². The molecule has 0 amide bonds. The Bertz CT molecular complexity index is 857. The molecule has 1 aliphatic rings. The Balaban J connectivity index is 0.00000300. The number of nitrogens with zero attached hydrogens (tertiary/aromatic N) is 3. The smallest absolute Gasteiger partial charge is 0.191 e. The van der Waals surface area contributed by atoms with E-state index in [4.69, 9.17) is 4.74 Å². The molecule has 1 saturated carbocycles. The molecule has 2 aromatic rings. The summed E-state index contributed by atoms with van der Waals surface area (Å²) in [6.07, 6.45) is 3.26. The average molecular weight is 511 g/mol. The Morgan fingerprint density at radius 1 is 1.31 bits per heavy atom. The van der Waals surface area contributed by atoms with E-state index in [1.54, 1.807) is 7.11 Å². The highest BCUT2D eigenvalue weighted by atomic mass is 127. The molecule has 1 heterocycles. The number of benzene rings is 1. The van der Waals surface area contributed by atoms with Crippen LogP contribution < -0.4 is 15.4 Å². The second-order valence-electron chi connectivity index (χ2n) is 7.93. The molecular formula is C22H34IN5O. The minimum absolute atomic E-state index is 0. The van der Waals surface area contributed by atoms with Crippen LogP contribution in [0.4, 0.5) is 0 Å². The van der Waals surface area contributed by atoms with Gasteiger partial charge in [0.25, 0.3) is 0 Å². The highest BCUT2D eigenvalue weighted by Crippen LogP contribution is 2.50. The molecule has 1 aromatic heterocycles. The molecule has 0 radical (unpaired) electrons. The lowest BCUT2D eigenvalue weighted by atomic mass is 9.95. The first-order valence-corrected chi connectivity index (χ1v) is 10.00. The van der Waals surface area contributed by atoms with E-state index in [9.17, 15) is 0 Å². The van der Waals surface area contributed by atoms with E-state index in [1.807, 2.05) is 30.9 Å². The number of guanidine groups is 1. The van der Waals surface area contributed by atoms with Crippen LogP contribution in [-0.4, -0.2) is 42.5 Å². The fraction of sp³-hybridized carbons (Fsp3) is 0.545. The van der Waals surface area contributed by atoms with Gasteiger partial charge in [0.2, 0.25) is 0 Å². The molecule has 0 spiro atoms. The number of ether oxygens (including phenoxy) is 1. The zero-order valence-corrected chi connectivity index (χ0v) is 20.7. The van der Waals surface area contributed by atoms with Gasteiger partial charge in [-0.2, -0.15) is 5.10 Å². The van der Waals surface area contributed by atoms with Crippen molar-refractivity contribution in [2.75, 3.05) is 20.7 Å². The molecule has 1 atom stereocenters. The predicted octanol–water partition coefficient (Wildman–Crippen LogP) is 3.49. The summed E-state index contributed by atoms with van der Waals surface area (Å²) in [5, 5.41) is 11.6. The monoisotopic (exact) mass is 511 g/mol. The molecule has 7 heteroatoms. The van der Waals surface area contributed by atoms with Gasteiger partial charge in [0, 0.05) is 43.4 Å². The number of nitrogens with one attached hydrogen (secondary N) is 2. The number of aromatic nitrogens is 2. The van der Waals surface area contributed by atoms with Crippen LogP contribution in [0.1, 0.15) is 42.3 Å². The van der Waals surface area contributed by atoms with E-state index in [-0.39, 0.29) is 35.4 Å². The molecule has 29 heavy (non-hydrogen) atoms. The van der Waals surface area contributed by atoms with E-state index in [1.165, 1.54) is 29.7 Å². The molecule has 0 saturated heterocycles. The predicted molar refractivity (Wildman–Crippen MR) is 130 cm³/mol. The summed E-state index contributed by atoms with van der Waals surface area (Å²) in [4.78, 5) is 4.43. The Morgan fingerprint density at radius 3 is 2.55 bits per heavy atom. The van der Waals surface area contributed by atoms with Gasteiger partial charge in [0.1, 0.15) is 5.75 Å². The largest absolute Gasteiger partial charge is 0.496 e. The highest BCUT2D eigenvalue weighted by molar-refractivity contribution is 14.0. The van der Waals surface area contributed by atoms with E-state index in [0.29, 0.717) is 0 Å². The topological polar surface area (TPSA) is 63.5 Å². The molecule has 1 fully saturated rings. The molecule has 0 aliphatic heterocycles. The molecule has 1 aromatic carbocycles.